The van der Waals surface area contributed by atoms with E-state index in [-0.39, 0.29) is 17.1 Å². The van der Waals surface area contributed by atoms with Crippen LogP contribution >= 0.6 is 0 Å². The number of nitrogens with two attached hydrogens (primary N) is 2. The van der Waals surface area contributed by atoms with Gasteiger partial charge in [0.05, 0.1) is 17.4 Å². The molecule has 0 saturated carbocycles. The molecule has 0 unspecified atom stereocenters. The van der Waals surface area contributed by atoms with E-state index < -0.39 is 5.91 Å². The van der Waals surface area contributed by atoms with E-state index >= 15 is 0 Å². The number of pyridine rings is 1. The Bertz CT molecular complexity index is 583. The van der Waals surface area contributed by atoms with E-state index in [9.17, 15) is 9.18 Å². The third-order valence-corrected chi connectivity index (χ3v) is 2.32. The van der Waals surface area contributed by atoms with Crippen LogP contribution in [0.25, 0.3) is 0 Å². The average Bonchev–Trinajstić information content (AvgIpc) is 2.34. The van der Waals surface area contributed by atoms with Crippen molar-refractivity contribution in [3.8, 4) is 0 Å². The summed E-state index contributed by atoms with van der Waals surface area (Å²) in [5.41, 5.74) is 11.8. The molecule has 0 bridgehead atoms. The van der Waals surface area contributed by atoms with Gasteiger partial charge in [0.15, 0.2) is 0 Å². The third kappa shape index (κ3) is 2.54. The third-order valence-electron chi connectivity index (χ3n) is 2.32. The number of aromatic nitrogens is 1. The SMILES string of the molecule is NC(=O)c1cc(Nc2ccc(F)cc2)ncc1N. The van der Waals surface area contributed by atoms with Crippen LogP contribution in [0.2, 0.25) is 0 Å². The molecule has 2 rings (SSSR count). The minimum absolute atomic E-state index is 0.189. The van der Waals surface area contributed by atoms with E-state index in [4.69, 9.17) is 11.5 Å². The van der Waals surface area contributed by atoms with Crippen molar-refractivity contribution in [2.45, 2.75) is 0 Å². The first-order valence-electron chi connectivity index (χ1n) is 5.14. The summed E-state index contributed by atoms with van der Waals surface area (Å²) in [5, 5.41) is 2.91. The number of nitrogens with one attached hydrogen (secondary N) is 1. The summed E-state index contributed by atoms with van der Waals surface area (Å²) in [6.45, 7) is 0. The summed E-state index contributed by atoms with van der Waals surface area (Å²) >= 11 is 0. The van der Waals surface area contributed by atoms with E-state index in [1.807, 2.05) is 0 Å². The number of hydrogen-bond donors (Lipinski definition) is 3. The second kappa shape index (κ2) is 4.70. The lowest BCUT2D eigenvalue weighted by Crippen LogP contribution is -2.14. The van der Waals surface area contributed by atoms with Crippen LogP contribution in [-0.4, -0.2) is 10.9 Å². The Hall–Kier alpha value is -2.63. The minimum atomic E-state index is -0.628. The Morgan fingerprint density at radius 3 is 2.56 bits per heavy atom. The van der Waals surface area contributed by atoms with Crippen molar-refractivity contribution < 1.29 is 9.18 Å². The van der Waals surface area contributed by atoms with Crippen molar-refractivity contribution in [3.63, 3.8) is 0 Å². The van der Waals surface area contributed by atoms with Crippen LogP contribution in [0.1, 0.15) is 10.4 Å². The van der Waals surface area contributed by atoms with Gasteiger partial charge in [0, 0.05) is 5.69 Å². The number of nitrogens with zero attached hydrogens (tertiary/aromatic N) is 1. The Kier molecular flexibility index (Phi) is 3.09. The van der Waals surface area contributed by atoms with Gasteiger partial charge < -0.3 is 16.8 Å². The zero-order valence-electron chi connectivity index (χ0n) is 9.35. The number of carbonyl (C=O) groups excluding carboxylic acids is 1. The van der Waals surface area contributed by atoms with Gasteiger partial charge in [-0.2, -0.15) is 0 Å². The number of anilines is 3. The topological polar surface area (TPSA) is 94.0 Å². The number of primary amides is 1. The number of carbonyl (C=O) groups is 1. The van der Waals surface area contributed by atoms with E-state index in [1.54, 1.807) is 12.1 Å². The molecule has 6 heteroatoms. The molecular formula is C12H11FN4O. The second-order valence-corrected chi connectivity index (χ2v) is 3.65. The van der Waals surface area contributed by atoms with Gasteiger partial charge in [-0.3, -0.25) is 4.79 Å². The number of halogens is 1. The zero-order chi connectivity index (χ0) is 13.1. The quantitative estimate of drug-likeness (QED) is 0.767. The maximum atomic E-state index is 12.7. The van der Waals surface area contributed by atoms with Gasteiger partial charge in [0.25, 0.3) is 5.91 Å². The normalized spacial score (nSPS) is 10.1. The van der Waals surface area contributed by atoms with Crippen LogP contribution in [0.5, 0.6) is 0 Å². The molecule has 0 spiro atoms. The summed E-state index contributed by atoms with van der Waals surface area (Å²) < 4.78 is 12.7. The molecule has 18 heavy (non-hydrogen) atoms. The van der Waals surface area contributed by atoms with Crippen molar-refractivity contribution >= 4 is 23.1 Å². The fourth-order valence-corrected chi connectivity index (χ4v) is 1.43. The first kappa shape index (κ1) is 11.8. The molecular weight excluding hydrogens is 235 g/mol. The van der Waals surface area contributed by atoms with Crippen LogP contribution < -0.4 is 16.8 Å². The van der Waals surface area contributed by atoms with Crippen molar-refractivity contribution in [1.29, 1.82) is 0 Å². The summed E-state index contributed by atoms with van der Waals surface area (Å²) in [5.74, 6) is -0.551. The number of amides is 1. The van der Waals surface area contributed by atoms with Gasteiger partial charge in [0.2, 0.25) is 0 Å². The fourth-order valence-electron chi connectivity index (χ4n) is 1.43. The number of benzene rings is 1. The van der Waals surface area contributed by atoms with Crippen molar-refractivity contribution in [1.82, 2.24) is 4.98 Å². The molecule has 0 radical (unpaired) electrons. The molecule has 1 aromatic heterocycles. The molecule has 0 aliphatic rings. The molecule has 1 aromatic carbocycles. The highest BCUT2D eigenvalue weighted by Crippen LogP contribution is 2.18. The molecule has 0 saturated heterocycles. The average molecular weight is 246 g/mol. The largest absolute Gasteiger partial charge is 0.397 e. The van der Waals surface area contributed by atoms with Crippen LogP contribution in [0.4, 0.5) is 21.6 Å². The van der Waals surface area contributed by atoms with Crippen LogP contribution in [-0.2, 0) is 0 Å². The standard InChI is InChI=1S/C12H11FN4O/c13-7-1-3-8(4-2-7)17-11-5-9(12(15)18)10(14)6-16-11/h1-6H,14H2,(H2,15,18)(H,16,17). The van der Waals surface area contributed by atoms with Gasteiger partial charge >= 0.3 is 0 Å². The van der Waals surface area contributed by atoms with Crippen LogP contribution in [0.15, 0.2) is 36.5 Å². The van der Waals surface area contributed by atoms with E-state index in [0.717, 1.165) is 0 Å². The first-order chi connectivity index (χ1) is 8.56. The predicted octanol–water partition coefficient (Wildman–Crippen LogP) is 1.65. The van der Waals surface area contributed by atoms with Gasteiger partial charge in [-0.1, -0.05) is 0 Å². The van der Waals surface area contributed by atoms with Gasteiger partial charge in [-0.15, -0.1) is 0 Å². The summed E-state index contributed by atoms with van der Waals surface area (Å²) in [4.78, 5) is 15.1. The summed E-state index contributed by atoms with van der Waals surface area (Å²) in [6.07, 6.45) is 1.34. The maximum Gasteiger partial charge on any atom is 0.250 e. The molecule has 1 amide bonds. The van der Waals surface area contributed by atoms with Gasteiger partial charge in [-0.05, 0) is 30.3 Å². The first-order valence-corrected chi connectivity index (χ1v) is 5.14. The lowest BCUT2D eigenvalue weighted by Gasteiger charge is -2.07. The second-order valence-electron chi connectivity index (χ2n) is 3.65. The maximum absolute atomic E-state index is 12.7. The van der Waals surface area contributed by atoms with Crippen LogP contribution in [0.3, 0.4) is 0 Å². The molecule has 0 atom stereocenters. The lowest BCUT2D eigenvalue weighted by molar-refractivity contribution is 0.100. The zero-order valence-corrected chi connectivity index (χ0v) is 9.35. The molecule has 2 aromatic rings. The van der Waals surface area contributed by atoms with E-state index in [2.05, 4.69) is 10.3 Å². The Morgan fingerprint density at radius 1 is 1.28 bits per heavy atom. The smallest absolute Gasteiger partial charge is 0.250 e. The van der Waals surface area contributed by atoms with Gasteiger partial charge in [-0.25, -0.2) is 9.37 Å². The summed E-state index contributed by atoms with van der Waals surface area (Å²) in [6, 6.07) is 7.18. The lowest BCUT2D eigenvalue weighted by atomic mass is 10.2. The highest BCUT2D eigenvalue weighted by molar-refractivity contribution is 5.98. The highest BCUT2D eigenvalue weighted by atomic mass is 19.1. The van der Waals surface area contributed by atoms with E-state index in [0.29, 0.717) is 11.5 Å². The Balaban J connectivity index is 2.27. The Morgan fingerprint density at radius 2 is 1.94 bits per heavy atom. The fraction of sp³-hybridized carbons (Fsp3) is 0. The molecule has 0 aliphatic heterocycles. The monoisotopic (exact) mass is 246 g/mol. The molecule has 0 fully saturated rings. The molecule has 5 nitrogen and oxygen atoms in total. The number of nitrogen functional groups attached to an aromatic ring is 1. The molecule has 5 N–H and O–H groups in total. The minimum Gasteiger partial charge on any atom is -0.397 e. The van der Waals surface area contributed by atoms with Gasteiger partial charge in [0.1, 0.15) is 11.6 Å². The number of hydrogen-bond acceptors (Lipinski definition) is 4. The molecule has 92 valence electrons. The van der Waals surface area contributed by atoms with Crippen molar-refractivity contribution in [3.05, 3.63) is 47.9 Å². The van der Waals surface area contributed by atoms with Crippen LogP contribution in [0, 0.1) is 5.82 Å². The highest BCUT2D eigenvalue weighted by Gasteiger charge is 2.07. The molecule has 0 aliphatic carbocycles. The van der Waals surface area contributed by atoms with Crippen molar-refractivity contribution in [2.75, 3.05) is 11.1 Å². The summed E-state index contributed by atoms with van der Waals surface area (Å²) in [7, 11) is 0. The Labute approximate surface area is 103 Å². The van der Waals surface area contributed by atoms with E-state index in [1.165, 1.54) is 24.4 Å². The molecule has 1 heterocycles. The van der Waals surface area contributed by atoms with Crippen molar-refractivity contribution in [2.24, 2.45) is 5.73 Å². The predicted molar refractivity (Wildman–Crippen MR) is 66.8 cm³/mol. The number of rotatable bonds is 3.